The van der Waals surface area contributed by atoms with E-state index in [1.165, 1.54) is 0 Å². The van der Waals surface area contributed by atoms with Crippen LogP contribution >= 0.6 is 0 Å². The zero-order chi connectivity index (χ0) is 14.1. The van der Waals surface area contributed by atoms with Crippen LogP contribution in [0.25, 0.3) is 0 Å². The predicted octanol–water partition coefficient (Wildman–Crippen LogP) is 2.36. The Morgan fingerprint density at radius 1 is 1.39 bits per heavy atom. The zero-order valence-corrected chi connectivity index (χ0v) is 11.9. The number of carbonyl (C=O) groups is 1. The molecule has 18 heavy (non-hydrogen) atoms. The second-order valence-electron chi connectivity index (χ2n) is 5.96. The van der Waals surface area contributed by atoms with Gasteiger partial charge in [-0.15, -0.1) is 0 Å². The summed E-state index contributed by atoms with van der Waals surface area (Å²) in [6.07, 6.45) is 0.0808. The molecule has 1 fully saturated rings. The maximum atomic E-state index is 11.1. The van der Waals surface area contributed by atoms with E-state index in [2.05, 4.69) is 0 Å². The van der Waals surface area contributed by atoms with Crippen molar-refractivity contribution in [1.82, 2.24) is 0 Å². The number of hydrogen-bond donors (Lipinski definition) is 2. The van der Waals surface area contributed by atoms with Gasteiger partial charge in [-0.05, 0) is 20.8 Å². The van der Waals surface area contributed by atoms with Crippen LogP contribution in [0.5, 0.6) is 0 Å². The molecular weight excluding hydrogens is 232 g/mol. The number of aliphatic hydroxyl groups is 1. The van der Waals surface area contributed by atoms with Crippen molar-refractivity contribution in [3.8, 4) is 0 Å². The summed E-state index contributed by atoms with van der Waals surface area (Å²) < 4.78 is 5.85. The summed E-state index contributed by atoms with van der Waals surface area (Å²) in [4.78, 5) is 11.1. The fraction of sp³-hybridized carbons (Fsp3) is 0.786. The fourth-order valence-corrected chi connectivity index (χ4v) is 2.21. The molecule has 0 bridgehead atoms. The highest BCUT2D eigenvalue weighted by atomic mass is 16.5. The smallest absolute Gasteiger partial charge is 0.331 e. The van der Waals surface area contributed by atoms with E-state index in [1.807, 2.05) is 20.8 Å². The largest absolute Gasteiger partial charge is 0.478 e. The number of aliphatic carboxylic acids is 1. The second-order valence-corrected chi connectivity index (χ2v) is 5.96. The highest BCUT2D eigenvalue weighted by molar-refractivity contribution is 5.87. The van der Waals surface area contributed by atoms with Gasteiger partial charge in [0.25, 0.3) is 0 Å². The van der Waals surface area contributed by atoms with E-state index in [1.54, 1.807) is 13.8 Å². The van der Waals surface area contributed by atoms with Gasteiger partial charge in [-0.2, -0.15) is 0 Å². The predicted molar refractivity (Wildman–Crippen MR) is 69.4 cm³/mol. The van der Waals surface area contributed by atoms with Crippen molar-refractivity contribution >= 4 is 5.97 Å². The average Bonchev–Trinajstić information content (AvgIpc) is 2.22. The number of allylic oxidation sites excluding steroid dienone is 1. The molecule has 1 aliphatic rings. The van der Waals surface area contributed by atoms with Crippen molar-refractivity contribution in [2.45, 2.75) is 65.8 Å². The van der Waals surface area contributed by atoms with Gasteiger partial charge < -0.3 is 14.9 Å². The van der Waals surface area contributed by atoms with E-state index in [9.17, 15) is 9.90 Å². The zero-order valence-electron chi connectivity index (χ0n) is 11.9. The van der Waals surface area contributed by atoms with Crippen molar-refractivity contribution in [1.29, 1.82) is 0 Å². The lowest BCUT2D eigenvalue weighted by Gasteiger charge is -2.44. The molecule has 2 N–H and O–H groups in total. The quantitative estimate of drug-likeness (QED) is 0.761. The summed E-state index contributed by atoms with van der Waals surface area (Å²) in [5.74, 6) is -0.898. The maximum absolute atomic E-state index is 11.1. The van der Waals surface area contributed by atoms with E-state index >= 15 is 0 Å². The molecule has 0 spiro atoms. The molecule has 3 atom stereocenters. The van der Waals surface area contributed by atoms with Crippen molar-refractivity contribution in [3.05, 3.63) is 11.1 Å². The molecule has 104 valence electrons. The molecule has 1 aliphatic heterocycles. The second kappa shape index (κ2) is 5.41. The van der Waals surface area contributed by atoms with E-state index in [4.69, 9.17) is 9.84 Å². The molecule has 0 amide bonds. The van der Waals surface area contributed by atoms with Crippen molar-refractivity contribution in [2.24, 2.45) is 5.41 Å². The van der Waals surface area contributed by atoms with Crippen LogP contribution < -0.4 is 0 Å². The minimum atomic E-state index is -0.898. The van der Waals surface area contributed by atoms with E-state index in [0.29, 0.717) is 18.4 Å². The monoisotopic (exact) mass is 256 g/mol. The van der Waals surface area contributed by atoms with Crippen LogP contribution in [0.15, 0.2) is 11.1 Å². The molecule has 1 rings (SSSR count). The number of carboxylic acid groups (broad SMARTS) is 1. The van der Waals surface area contributed by atoms with Crippen LogP contribution in [0.1, 0.15) is 47.5 Å². The van der Waals surface area contributed by atoms with Gasteiger partial charge >= 0.3 is 5.97 Å². The van der Waals surface area contributed by atoms with Crippen molar-refractivity contribution < 1.29 is 19.7 Å². The van der Waals surface area contributed by atoms with E-state index in [-0.39, 0.29) is 17.6 Å². The normalized spacial score (nSPS) is 30.9. The first kappa shape index (κ1) is 15.2. The molecular formula is C14H24O4. The standard InChI is InChI=1S/C14H24O4/c1-8(2)11(13(16)17)6-10-7-12(15)14(4,5)9(3)18-10/h9-10,12,15H,6-7H2,1-5H3,(H,16,17)/t9?,10-,12+/m1/s1. The number of ether oxygens (including phenoxy) is 1. The Kier molecular flexibility index (Phi) is 4.56. The van der Waals surface area contributed by atoms with Gasteiger partial charge in [-0.1, -0.05) is 19.4 Å². The Morgan fingerprint density at radius 3 is 2.33 bits per heavy atom. The first-order chi connectivity index (χ1) is 8.16. The van der Waals surface area contributed by atoms with Crippen LogP contribution in [0.3, 0.4) is 0 Å². The van der Waals surface area contributed by atoms with Crippen LogP contribution in [-0.4, -0.2) is 34.5 Å². The van der Waals surface area contributed by atoms with Gasteiger partial charge in [0.2, 0.25) is 0 Å². The summed E-state index contributed by atoms with van der Waals surface area (Å²) in [6.45, 7) is 9.44. The number of aliphatic hydroxyl groups excluding tert-OH is 1. The SMILES string of the molecule is CC(C)=C(C[C@@H]1C[C@H](O)C(C)(C)C(C)O1)C(=O)O. The minimum absolute atomic E-state index is 0.0848. The van der Waals surface area contributed by atoms with Gasteiger partial charge in [0, 0.05) is 23.8 Å². The van der Waals surface area contributed by atoms with Crippen LogP contribution in [0, 0.1) is 5.41 Å². The summed E-state index contributed by atoms with van der Waals surface area (Å²) in [6, 6.07) is 0. The van der Waals surface area contributed by atoms with Crippen molar-refractivity contribution in [3.63, 3.8) is 0 Å². The molecule has 1 unspecified atom stereocenters. The molecule has 0 aliphatic carbocycles. The Balaban J connectivity index is 2.77. The molecule has 4 nitrogen and oxygen atoms in total. The number of rotatable bonds is 3. The van der Waals surface area contributed by atoms with Crippen LogP contribution in [-0.2, 0) is 9.53 Å². The number of hydrogen-bond acceptors (Lipinski definition) is 3. The highest BCUT2D eigenvalue weighted by Crippen LogP contribution is 2.37. The molecule has 1 saturated heterocycles. The third-order valence-electron chi connectivity index (χ3n) is 4.08. The Bertz CT molecular complexity index is 339. The third kappa shape index (κ3) is 3.12. The van der Waals surface area contributed by atoms with Crippen LogP contribution in [0.4, 0.5) is 0 Å². The maximum Gasteiger partial charge on any atom is 0.331 e. The fourth-order valence-electron chi connectivity index (χ4n) is 2.21. The Morgan fingerprint density at radius 2 is 1.94 bits per heavy atom. The topological polar surface area (TPSA) is 66.8 Å². The van der Waals surface area contributed by atoms with E-state index in [0.717, 1.165) is 5.57 Å². The summed E-state index contributed by atoms with van der Waals surface area (Å²) in [5.41, 5.74) is 0.891. The minimum Gasteiger partial charge on any atom is -0.478 e. The van der Waals surface area contributed by atoms with Gasteiger partial charge in [-0.25, -0.2) is 4.79 Å². The lowest BCUT2D eigenvalue weighted by molar-refractivity contribution is -0.166. The van der Waals surface area contributed by atoms with Gasteiger partial charge in [0.1, 0.15) is 0 Å². The molecule has 0 aromatic heterocycles. The van der Waals surface area contributed by atoms with Crippen LogP contribution in [0.2, 0.25) is 0 Å². The number of carboxylic acids is 1. The summed E-state index contributed by atoms with van der Waals surface area (Å²) >= 11 is 0. The van der Waals surface area contributed by atoms with Gasteiger partial charge in [-0.3, -0.25) is 0 Å². The molecule has 0 saturated carbocycles. The summed E-state index contributed by atoms with van der Waals surface area (Å²) in [5, 5.41) is 19.3. The lowest BCUT2D eigenvalue weighted by Crippen LogP contribution is -2.49. The third-order valence-corrected chi connectivity index (χ3v) is 4.08. The molecule has 0 aromatic rings. The van der Waals surface area contributed by atoms with Gasteiger partial charge in [0.15, 0.2) is 0 Å². The Hall–Kier alpha value is -0.870. The molecule has 0 radical (unpaired) electrons. The molecule has 0 aromatic carbocycles. The lowest BCUT2D eigenvalue weighted by atomic mass is 9.76. The van der Waals surface area contributed by atoms with Crippen molar-refractivity contribution in [2.75, 3.05) is 0 Å². The molecule has 4 heteroatoms. The average molecular weight is 256 g/mol. The van der Waals surface area contributed by atoms with E-state index < -0.39 is 12.1 Å². The first-order valence-corrected chi connectivity index (χ1v) is 6.39. The molecule has 1 heterocycles. The first-order valence-electron chi connectivity index (χ1n) is 6.39. The Labute approximate surface area is 109 Å². The highest BCUT2D eigenvalue weighted by Gasteiger charge is 2.42. The van der Waals surface area contributed by atoms with Gasteiger partial charge in [0.05, 0.1) is 18.3 Å². The summed E-state index contributed by atoms with van der Waals surface area (Å²) in [7, 11) is 0.